The molecule has 5 nitrogen and oxygen atoms in total. The predicted octanol–water partition coefficient (Wildman–Crippen LogP) is 1.67. The minimum Gasteiger partial charge on any atom is -0.459 e. The molecule has 7 heteroatoms. The zero-order valence-electron chi connectivity index (χ0n) is 12.4. The summed E-state index contributed by atoms with van der Waals surface area (Å²) in [5.74, 6) is -5.45. The minimum atomic E-state index is -3.62. The Morgan fingerprint density at radius 1 is 1.23 bits per heavy atom. The number of esters is 2. The third-order valence-corrected chi connectivity index (χ3v) is 5.10. The van der Waals surface area contributed by atoms with Crippen LogP contribution in [0.25, 0.3) is 0 Å². The zero-order chi connectivity index (χ0) is 16.1. The highest BCUT2D eigenvalue weighted by Crippen LogP contribution is 2.56. The molecule has 4 fully saturated rings. The number of carbonyl (C=O) groups is 2. The number of alkyl halides is 2. The second-order valence-electron chi connectivity index (χ2n) is 7.11. The van der Waals surface area contributed by atoms with Gasteiger partial charge < -0.3 is 14.6 Å². The highest BCUT2D eigenvalue weighted by Gasteiger charge is 2.56. The highest BCUT2D eigenvalue weighted by atomic mass is 19.3. The minimum absolute atomic E-state index is 0.114. The van der Waals surface area contributed by atoms with Gasteiger partial charge in [-0.3, -0.25) is 0 Å². The Hall–Kier alpha value is -1.24. The standard InChI is InChI=1S/C15H20F2O5/c1-14(16,17)13(19)21-7-11(18)22-12-9-2-8-3-10(12)6-15(20,4-8)5-9/h8-10,12,20H,2-7H2,1H3. The lowest BCUT2D eigenvalue weighted by Crippen LogP contribution is -2.58. The number of carbonyl (C=O) groups excluding carboxylic acids is 2. The van der Waals surface area contributed by atoms with E-state index in [9.17, 15) is 23.5 Å². The molecule has 0 heterocycles. The summed E-state index contributed by atoms with van der Waals surface area (Å²) in [5.41, 5.74) is -0.629. The summed E-state index contributed by atoms with van der Waals surface area (Å²) in [7, 11) is 0. The summed E-state index contributed by atoms with van der Waals surface area (Å²) in [6, 6.07) is 0. The molecule has 0 saturated heterocycles. The van der Waals surface area contributed by atoms with E-state index >= 15 is 0 Å². The molecule has 0 aliphatic heterocycles. The molecule has 4 bridgehead atoms. The molecule has 0 amide bonds. The molecule has 4 aliphatic carbocycles. The molecule has 0 aromatic heterocycles. The van der Waals surface area contributed by atoms with Crippen molar-refractivity contribution in [3.8, 4) is 0 Å². The molecule has 1 N–H and O–H groups in total. The van der Waals surface area contributed by atoms with Crippen LogP contribution in [0.4, 0.5) is 8.78 Å². The van der Waals surface area contributed by atoms with Gasteiger partial charge in [-0.05, 0) is 49.9 Å². The van der Waals surface area contributed by atoms with Gasteiger partial charge in [-0.1, -0.05) is 0 Å². The van der Waals surface area contributed by atoms with Crippen molar-refractivity contribution in [1.29, 1.82) is 0 Å². The maximum atomic E-state index is 12.6. The first-order valence-corrected chi connectivity index (χ1v) is 7.63. The average Bonchev–Trinajstić information content (AvgIpc) is 2.37. The van der Waals surface area contributed by atoms with Crippen molar-refractivity contribution in [3.63, 3.8) is 0 Å². The van der Waals surface area contributed by atoms with Gasteiger partial charge in [0.15, 0.2) is 6.61 Å². The summed E-state index contributed by atoms with van der Waals surface area (Å²) in [6.07, 6.45) is 3.59. The van der Waals surface area contributed by atoms with Crippen LogP contribution < -0.4 is 0 Å². The van der Waals surface area contributed by atoms with Crippen molar-refractivity contribution < 1.29 is 33.0 Å². The molecule has 22 heavy (non-hydrogen) atoms. The van der Waals surface area contributed by atoms with Gasteiger partial charge in [0.05, 0.1) is 5.60 Å². The Morgan fingerprint density at radius 3 is 2.32 bits per heavy atom. The van der Waals surface area contributed by atoms with E-state index in [2.05, 4.69) is 4.74 Å². The third kappa shape index (κ3) is 2.95. The topological polar surface area (TPSA) is 72.8 Å². The van der Waals surface area contributed by atoms with E-state index in [1.807, 2.05) is 0 Å². The van der Waals surface area contributed by atoms with Crippen LogP contribution in [0.2, 0.25) is 0 Å². The van der Waals surface area contributed by atoms with Gasteiger partial charge in [-0.25, -0.2) is 9.59 Å². The molecule has 0 aromatic carbocycles. The molecule has 2 atom stereocenters. The maximum Gasteiger partial charge on any atom is 0.377 e. The summed E-state index contributed by atoms with van der Waals surface area (Å²) in [4.78, 5) is 22.7. The third-order valence-electron chi connectivity index (χ3n) is 5.10. The Balaban J connectivity index is 1.54. The lowest BCUT2D eigenvalue weighted by Gasteiger charge is -2.57. The fraction of sp³-hybridized carbons (Fsp3) is 0.867. The lowest BCUT2D eigenvalue weighted by molar-refractivity contribution is -0.203. The Bertz CT molecular complexity index is 471. The monoisotopic (exact) mass is 318 g/mol. The smallest absolute Gasteiger partial charge is 0.377 e. The molecule has 4 rings (SSSR count). The van der Waals surface area contributed by atoms with Gasteiger partial charge in [0.25, 0.3) is 0 Å². The Labute approximate surface area is 127 Å². The molecule has 4 aliphatic rings. The average molecular weight is 318 g/mol. The molecule has 0 spiro atoms. The summed E-state index contributed by atoms with van der Waals surface area (Å²) >= 11 is 0. The van der Waals surface area contributed by atoms with Gasteiger partial charge in [0.2, 0.25) is 0 Å². The largest absolute Gasteiger partial charge is 0.459 e. The number of rotatable bonds is 4. The first-order valence-electron chi connectivity index (χ1n) is 7.63. The molecule has 0 aromatic rings. The van der Waals surface area contributed by atoms with E-state index in [0.717, 1.165) is 19.3 Å². The molecule has 0 radical (unpaired) electrons. The number of ether oxygens (including phenoxy) is 2. The van der Waals surface area contributed by atoms with Crippen molar-refractivity contribution in [1.82, 2.24) is 0 Å². The Morgan fingerprint density at radius 2 is 1.82 bits per heavy atom. The van der Waals surface area contributed by atoms with Crippen molar-refractivity contribution in [2.24, 2.45) is 17.8 Å². The van der Waals surface area contributed by atoms with Gasteiger partial charge >= 0.3 is 17.9 Å². The summed E-state index contributed by atoms with van der Waals surface area (Å²) in [6.45, 7) is -0.384. The van der Waals surface area contributed by atoms with Crippen LogP contribution in [-0.4, -0.2) is 41.3 Å². The fourth-order valence-corrected chi connectivity index (χ4v) is 4.56. The van der Waals surface area contributed by atoms with Gasteiger partial charge in [0, 0.05) is 6.92 Å². The van der Waals surface area contributed by atoms with Gasteiger partial charge in [-0.2, -0.15) is 8.78 Å². The van der Waals surface area contributed by atoms with E-state index in [4.69, 9.17) is 4.74 Å². The van der Waals surface area contributed by atoms with Crippen molar-refractivity contribution in [3.05, 3.63) is 0 Å². The second-order valence-corrected chi connectivity index (χ2v) is 7.11. The molecular formula is C15H20F2O5. The van der Waals surface area contributed by atoms with E-state index in [0.29, 0.717) is 25.7 Å². The summed E-state index contributed by atoms with van der Waals surface area (Å²) in [5, 5.41) is 10.4. The zero-order valence-corrected chi connectivity index (χ0v) is 12.4. The molecule has 124 valence electrons. The van der Waals surface area contributed by atoms with Crippen LogP contribution in [0, 0.1) is 17.8 Å². The van der Waals surface area contributed by atoms with Crippen molar-refractivity contribution in [2.75, 3.05) is 6.61 Å². The van der Waals surface area contributed by atoms with Crippen LogP contribution in [0.1, 0.15) is 39.0 Å². The SMILES string of the molecule is CC(F)(F)C(=O)OCC(=O)OC1C2CC3CC1CC(O)(C3)C2. The lowest BCUT2D eigenvalue weighted by atomic mass is 9.53. The predicted molar refractivity (Wildman–Crippen MR) is 70.0 cm³/mol. The van der Waals surface area contributed by atoms with Gasteiger partial charge in [-0.15, -0.1) is 0 Å². The van der Waals surface area contributed by atoms with Crippen LogP contribution in [0.3, 0.4) is 0 Å². The van der Waals surface area contributed by atoms with Crippen molar-refractivity contribution >= 4 is 11.9 Å². The van der Waals surface area contributed by atoms with E-state index in [1.165, 1.54) is 0 Å². The number of halogens is 2. The van der Waals surface area contributed by atoms with E-state index < -0.39 is 30.1 Å². The van der Waals surface area contributed by atoms with Crippen LogP contribution >= 0.6 is 0 Å². The van der Waals surface area contributed by atoms with Gasteiger partial charge in [0.1, 0.15) is 6.10 Å². The maximum absolute atomic E-state index is 12.6. The second kappa shape index (κ2) is 5.15. The van der Waals surface area contributed by atoms with Crippen LogP contribution in [0.15, 0.2) is 0 Å². The number of aliphatic hydroxyl groups is 1. The molecular weight excluding hydrogens is 298 g/mol. The van der Waals surface area contributed by atoms with E-state index in [1.54, 1.807) is 0 Å². The Kier molecular flexibility index (Phi) is 3.66. The normalized spacial score (nSPS) is 39.6. The first kappa shape index (κ1) is 15.6. The van der Waals surface area contributed by atoms with Crippen molar-refractivity contribution in [2.45, 2.75) is 56.7 Å². The first-order chi connectivity index (χ1) is 10.2. The van der Waals surface area contributed by atoms with E-state index in [-0.39, 0.29) is 17.9 Å². The highest BCUT2D eigenvalue weighted by molar-refractivity contribution is 5.80. The quantitative estimate of drug-likeness (QED) is 0.798. The van der Waals surface area contributed by atoms with Crippen LogP contribution in [0.5, 0.6) is 0 Å². The van der Waals surface area contributed by atoms with Crippen LogP contribution in [-0.2, 0) is 19.1 Å². The number of hydrogen-bond donors (Lipinski definition) is 1. The number of hydrogen-bond acceptors (Lipinski definition) is 5. The molecule has 4 saturated carbocycles. The fourth-order valence-electron chi connectivity index (χ4n) is 4.56. The molecule has 2 unspecified atom stereocenters. The summed E-state index contributed by atoms with van der Waals surface area (Å²) < 4.78 is 34.9.